The number of hydrogen-bond donors (Lipinski definition) is 2. The minimum Gasteiger partial charge on any atom is -1.00 e. The molecule has 0 aliphatic carbocycles. The maximum Gasteiger partial charge on any atom is 0.360 e. The van der Waals surface area contributed by atoms with Crippen molar-refractivity contribution in [2.45, 2.75) is 38.5 Å². The van der Waals surface area contributed by atoms with Crippen LogP contribution in [0.3, 0.4) is 0 Å². The zero-order valence-electron chi connectivity index (χ0n) is 9.92. The molecule has 0 amide bonds. The molecule has 3 N–H and O–H groups in total. The first kappa shape index (κ1) is 13.6. The van der Waals surface area contributed by atoms with Crippen molar-refractivity contribution < 1.29 is 17.0 Å². The highest BCUT2D eigenvalue weighted by molar-refractivity contribution is 5.72. The van der Waals surface area contributed by atoms with Crippen molar-refractivity contribution in [2.24, 2.45) is 5.73 Å². The predicted molar refractivity (Wildman–Crippen MR) is 61.6 cm³/mol. The number of nitrogens with two attached hydrogens (primary N) is 1. The summed E-state index contributed by atoms with van der Waals surface area (Å²) in [6, 6.07) is 0. The number of halogens is 1. The Morgan fingerprint density at radius 3 is 2.12 bits per heavy atom. The van der Waals surface area contributed by atoms with Crippen LogP contribution in [0.15, 0.2) is 0 Å². The Kier molecular flexibility index (Phi) is 5.91. The van der Waals surface area contributed by atoms with Crippen LogP contribution in [0.2, 0.25) is 0 Å². The predicted octanol–water partition coefficient (Wildman–Crippen LogP) is -2.51. The lowest BCUT2D eigenvalue weighted by Gasteiger charge is -2.25. The molecule has 0 aromatic rings. The quantitative estimate of drug-likeness (QED) is 0.397. The van der Waals surface area contributed by atoms with Gasteiger partial charge in [0.15, 0.2) is 0 Å². The van der Waals surface area contributed by atoms with Gasteiger partial charge in [-0.25, -0.2) is 5.43 Å². The molecule has 94 valence electrons. The van der Waals surface area contributed by atoms with E-state index >= 15 is 0 Å². The van der Waals surface area contributed by atoms with Gasteiger partial charge in [-0.05, 0) is 32.1 Å². The van der Waals surface area contributed by atoms with Gasteiger partial charge in [0, 0.05) is 13.1 Å². The van der Waals surface area contributed by atoms with Gasteiger partial charge in [0.1, 0.15) is 0 Å². The lowest BCUT2D eigenvalue weighted by Crippen LogP contribution is -3.00. The van der Waals surface area contributed by atoms with Gasteiger partial charge in [-0.3, -0.25) is 10.3 Å². The number of hydrogen-bond acceptors (Lipinski definition) is 1. The van der Waals surface area contributed by atoms with Crippen LogP contribution < -0.4 is 23.6 Å². The van der Waals surface area contributed by atoms with E-state index in [0.717, 1.165) is 32.1 Å². The van der Waals surface area contributed by atoms with E-state index in [1.165, 1.54) is 38.5 Å². The Bertz CT molecular complexity index is 228. The largest absolute Gasteiger partial charge is 1.00 e. The van der Waals surface area contributed by atoms with Crippen molar-refractivity contribution in [3.05, 3.63) is 0 Å². The average molecular weight is 247 g/mol. The van der Waals surface area contributed by atoms with Crippen molar-refractivity contribution in [1.29, 1.82) is 0 Å². The summed E-state index contributed by atoms with van der Waals surface area (Å²) in [6.45, 7) is 4.50. The van der Waals surface area contributed by atoms with Gasteiger partial charge in [-0.2, -0.15) is 5.01 Å². The zero-order chi connectivity index (χ0) is 10.5. The lowest BCUT2D eigenvalue weighted by molar-refractivity contribution is -0.540. The second-order valence-electron chi connectivity index (χ2n) is 4.59. The molecule has 0 spiro atoms. The topological polar surface area (TPSA) is 44.3 Å². The van der Waals surface area contributed by atoms with Crippen LogP contribution in [0.4, 0.5) is 0 Å². The number of rotatable bonds is 1. The number of hydrazine groups is 1. The molecule has 0 saturated carbocycles. The highest BCUT2D eigenvalue weighted by atomic mass is 35.5. The van der Waals surface area contributed by atoms with E-state index in [1.54, 1.807) is 0 Å². The molecule has 2 aliphatic heterocycles. The summed E-state index contributed by atoms with van der Waals surface area (Å²) in [6.07, 6.45) is 7.86. The molecule has 0 unspecified atom stereocenters. The molecule has 2 rings (SSSR count). The first-order chi connectivity index (χ1) is 7.36. The second kappa shape index (κ2) is 6.97. The first-order valence-electron chi connectivity index (χ1n) is 6.25. The van der Waals surface area contributed by atoms with Crippen molar-refractivity contribution in [3.63, 3.8) is 0 Å². The van der Waals surface area contributed by atoms with Crippen LogP contribution in [0.5, 0.6) is 0 Å². The van der Waals surface area contributed by atoms with E-state index < -0.39 is 0 Å². The number of nitrogens with zero attached hydrogens (tertiary/aromatic N) is 2. The Morgan fingerprint density at radius 1 is 0.938 bits per heavy atom. The lowest BCUT2D eigenvalue weighted by atomic mass is 10.2. The highest BCUT2D eigenvalue weighted by Gasteiger charge is 2.17. The fourth-order valence-corrected chi connectivity index (χ4v) is 2.37. The minimum atomic E-state index is 0. The summed E-state index contributed by atoms with van der Waals surface area (Å²) in [5.41, 5.74) is 9.41. The molecular weight excluding hydrogens is 224 g/mol. The summed E-state index contributed by atoms with van der Waals surface area (Å²) in [5.74, 6) is 0.858. The fraction of sp³-hybridized carbons (Fsp3) is 0.909. The second-order valence-corrected chi connectivity index (χ2v) is 4.59. The highest BCUT2D eigenvalue weighted by Crippen LogP contribution is 2.06. The van der Waals surface area contributed by atoms with Crippen LogP contribution in [0, 0.1) is 0 Å². The standard InChI is InChI=1S/C11H22N4.ClH/c12-11(14-7-3-1-4-8-14)13-15-9-5-2-6-10-15;/h1-10H2,(H2,12,13);1H. The molecular formula is C11H23ClN4. The maximum absolute atomic E-state index is 6.07. The molecule has 0 bridgehead atoms. The van der Waals surface area contributed by atoms with E-state index in [2.05, 4.69) is 15.0 Å². The van der Waals surface area contributed by atoms with Crippen LogP contribution in [-0.2, 0) is 0 Å². The molecule has 0 aromatic carbocycles. The molecule has 0 radical (unpaired) electrons. The average Bonchev–Trinajstić information content (AvgIpc) is 2.31. The molecule has 16 heavy (non-hydrogen) atoms. The minimum absolute atomic E-state index is 0. The van der Waals surface area contributed by atoms with E-state index in [4.69, 9.17) is 5.73 Å². The van der Waals surface area contributed by atoms with Gasteiger partial charge in [-0.15, -0.1) is 0 Å². The van der Waals surface area contributed by atoms with Gasteiger partial charge in [0.05, 0.1) is 13.1 Å². The first-order valence-corrected chi connectivity index (χ1v) is 6.25. The maximum atomic E-state index is 6.07. The van der Waals surface area contributed by atoms with Gasteiger partial charge >= 0.3 is 5.96 Å². The molecule has 2 heterocycles. The third-order valence-electron chi connectivity index (χ3n) is 3.33. The van der Waals surface area contributed by atoms with Crippen molar-refractivity contribution >= 4 is 5.96 Å². The molecule has 0 atom stereocenters. The summed E-state index contributed by atoms with van der Waals surface area (Å²) < 4.78 is 2.28. The molecule has 2 fully saturated rings. The smallest absolute Gasteiger partial charge is 0.360 e. The van der Waals surface area contributed by atoms with E-state index in [1.807, 2.05) is 0 Å². The van der Waals surface area contributed by atoms with Crippen LogP contribution in [0.25, 0.3) is 0 Å². The summed E-state index contributed by atoms with van der Waals surface area (Å²) in [5, 5.41) is 2.26. The Labute approximate surface area is 104 Å². The van der Waals surface area contributed by atoms with Crippen LogP contribution in [-0.4, -0.2) is 41.7 Å². The Hall–Kier alpha value is -0.480. The number of guanidine groups is 1. The Balaban J connectivity index is 0.00000128. The van der Waals surface area contributed by atoms with E-state index in [0.29, 0.717) is 0 Å². The monoisotopic (exact) mass is 246 g/mol. The van der Waals surface area contributed by atoms with Crippen molar-refractivity contribution in [1.82, 2.24) is 10.4 Å². The molecule has 0 aromatic heterocycles. The number of nitrogens with one attached hydrogen (secondary N) is 1. The van der Waals surface area contributed by atoms with Gasteiger partial charge in [0.25, 0.3) is 0 Å². The molecule has 4 nitrogen and oxygen atoms in total. The Morgan fingerprint density at radius 2 is 1.50 bits per heavy atom. The van der Waals surface area contributed by atoms with Gasteiger partial charge in [-0.1, -0.05) is 6.42 Å². The van der Waals surface area contributed by atoms with Crippen molar-refractivity contribution in [2.75, 3.05) is 26.2 Å². The van der Waals surface area contributed by atoms with Crippen molar-refractivity contribution in [3.8, 4) is 0 Å². The third-order valence-corrected chi connectivity index (χ3v) is 3.33. The van der Waals surface area contributed by atoms with E-state index in [-0.39, 0.29) is 12.4 Å². The van der Waals surface area contributed by atoms with E-state index in [9.17, 15) is 0 Å². The van der Waals surface area contributed by atoms with Gasteiger partial charge in [0.2, 0.25) is 0 Å². The molecule has 2 saturated heterocycles. The summed E-state index contributed by atoms with van der Waals surface area (Å²) in [4.78, 5) is 0. The zero-order valence-corrected chi connectivity index (χ0v) is 10.7. The summed E-state index contributed by atoms with van der Waals surface area (Å²) >= 11 is 0. The van der Waals surface area contributed by atoms with Gasteiger partial charge < -0.3 is 12.4 Å². The molecule has 5 heteroatoms. The summed E-state index contributed by atoms with van der Waals surface area (Å²) in [7, 11) is 0. The van der Waals surface area contributed by atoms with Crippen LogP contribution in [0.1, 0.15) is 38.5 Å². The van der Waals surface area contributed by atoms with Crippen LogP contribution >= 0.6 is 0 Å². The molecule has 2 aliphatic rings. The normalized spacial score (nSPS) is 22.4. The number of piperidine rings is 2. The fourth-order valence-electron chi connectivity index (χ4n) is 2.37. The SMILES string of the molecule is NC(NN1CCCCC1)=[N+]1CCCCC1.[Cl-]. The third kappa shape index (κ3) is 3.83.